The molecule has 0 aliphatic carbocycles. The first kappa shape index (κ1) is 18.8. The second kappa shape index (κ2) is 12.4. The Morgan fingerprint density at radius 2 is 1.73 bits per heavy atom. The molecule has 2 heteroatoms. The van der Waals surface area contributed by atoms with Crippen LogP contribution in [0.1, 0.15) is 81.1 Å². The minimum Gasteiger partial charge on any atom is -0.282 e. The second-order valence-corrected chi connectivity index (χ2v) is 6.57. The molecular formula is C20H28OS. The molecule has 0 fully saturated rings. The van der Waals surface area contributed by atoms with Crippen molar-refractivity contribution in [1.82, 2.24) is 0 Å². The Hall–Kier alpha value is -1.20. The summed E-state index contributed by atoms with van der Waals surface area (Å²) in [5.41, 5.74) is 1.64. The highest BCUT2D eigenvalue weighted by Gasteiger charge is 2.09. The Labute approximate surface area is 140 Å². The van der Waals surface area contributed by atoms with E-state index in [1.54, 1.807) is 0 Å². The minimum atomic E-state index is 0.162. The zero-order valence-electron chi connectivity index (χ0n) is 14.0. The molecule has 1 aromatic carbocycles. The maximum atomic E-state index is 12.3. The van der Waals surface area contributed by atoms with E-state index in [2.05, 4.69) is 25.7 Å². The van der Waals surface area contributed by atoms with E-state index < -0.39 is 0 Å². The fourth-order valence-corrected chi connectivity index (χ4v) is 3.05. The summed E-state index contributed by atoms with van der Waals surface area (Å²) in [6.07, 6.45) is 9.52. The molecule has 0 aliphatic rings. The molecule has 0 saturated heterocycles. The predicted octanol–water partition coefficient (Wildman–Crippen LogP) is 6.07. The van der Waals surface area contributed by atoms with E-state index in [-0.39, 0.29) is 5.12 Å². The lowest BCUT2D eigenvalue weighted by atomic mass is 10.1. The van der Waals surface area contributed by atoms with Crippen molar-refractivity contribution in [2.45, 2.75) is 65.2 Å². The van der Waals surface area contributed by atoms with Gasteiger partial charge in [-0.3, -0.25) is 4.79 Å². The van der Waals surface area contributed by atoms with Gasteiger partial charge in [0.1, 0.15) is 0 Å². The lowest BCUT2D eigenvalue weighted by molar-refractivity contribution is 0.108. The number of carbonyl (C=O) groups excluding carboxylic acids is 1. The van der Waals surface area contributed by atoms with Crippen LogP contribution >= 0.6 is 11.8 Å². The van der Waals surface area contributed by atoms with E-state index in [1.807, 2.05) is 24.3 Å². The van der Waals surface area contributed by atoms with Gasteiger partial charge in [-0.25, -0.2) is 0 Å². The van der Waals surface area contributed by atoms with Crippen LogP contribution in [-0.4, -0.2) is 10.9 Å². The Bertz CT molecular complexity index is 496. The smallest absolute Gasteiger partial charge is 0.220 e. The number of unbranched alkanes of at least 4 members (excludes halogenated alkanes) is 6. The average molecular weight is 317 g/mol. The van der Waals surface area contributed by atoms with E-state index in [1.165, 1.54) is 43.9 Å². The molecule has 0 saturated carbocycles. The third-order valence-electron chi connectivity index (χ3n) is 3.48. The van der Waals surface area contributed by atoms with Crippen molar-refractivity contribution in [3.8, 4) is 11.8 Å². The molecule has 0 heterocycles. The van der Waals surface area contributed by atoms with E-state index in [4.69, 9.17) is 0 Å². The molecule has 22 heavy (non-hydrogen) atoms. The molecule has 0 bridgehead atoms. The molecule has 0 radical (unpaired) electrons. The van der Waals surface area contributed by atoms with E-state index in [9.17, 15) is 4.79 Å². The van der Waals surface area contributed by atoms with E-state index in [0.717, 1.165) is 36.1 Å². The van der Waals surface area contributed by atoms with Gasteiger partial charge in [0, 0.05) is 23.3 Å². The highest BCUT2D eigenvalue weighted by atomic mass is 32.2. The number of hydrogen-bond donors (Lipinski definition) is 0. The fraction of sp³-hybridized carbons (Fsp3) is 0.550. The molecule has 0 atom stereocenters. The van der Waals surface area contributed by atoms with Crippen LogP contribution in [0, 0.1) is 11.8 Å². The quantitative estimate of drug-likeness (QED) is 0.406. The molecule has 1 aromatic rings. The molecule has 1 rings (SSSR count). The SMILES string of the molecule is CCCC#Cc1ccccc1C(=O)SCCCCCCCC. The number of carbonyl (C=O) groups is 1. The minimum absolute atomic E-state index is 0.162. The van der Waals surface area contributed by atoms with Crippen LogP contribution in [0.15, 0.2) is 24.3 Å². The molecule has 0 N–H and O–H groups in total. The van der Waals surface area contributed by atoms with Crippen LogP contribution in [0.3, 0.4) is 0 Å². The van der Waals surface area contributed by atoms with Crippen LogP contribution in [0.25, 0.3) is 0 Å². The first-order valence-electron chi connectivity index (χ1n) is 8.54. The first-order chi connectivity index (χ1) is 10.8. The monoisotopic (exact) mass is 316 g/mol. The van der Waals surface area contributed by atoms with Gasteiger partial charge in [0.05, 0.1) is 0 Å². The van der Waals surface area contributed by atoms with Crippen molar-refractivity contribution in [1.29, 1.82) is 0 Å². The van der Waals surface area contributed by atoms with Crippen molar-refractivity contribution in [3.05, 3.63) is 35.4 Å². The van der Waals surface area contributed by atoms with Crippen LogP contribution in [0.5, 0.6) is 0 Å². The summed E-state index contributed by atoms with van der Waals surface area (Å²) < 4.78 is 0. The lowest BCUT2D eigenvalue weighted by Gasteiger charge is -2.04. The standard InChI is InChI=1S/C20H28OS/c1-3-5-7-8-9-13-17-22-20(21)19-16-12-11-15-18(19)14-10-6-4-2/h11-12,15-16H,3-9,13,17H2,1-2H3. The number of thioether (sulfide) groups is 1. The summed E-state index contributed by atoms with van der Waals surface area (Å²) in [5, 5.41) is 0.162. The topological polar surface area (TPSA) is 17.1 Å². The van der Waals surface area contributed by atoms with E-state index >= 15 is 0 Å². The number of hydrogen-bond acceptors (Lipinski definition) is 2. The molecule has 0 amide bonds. The number of benzene rings is 1. The molecule has 0 unspecified atom stereocenters. The Balaban J connectivity index is 2.41. The molecular weight excluding hydrogens is 288 g/mol. The molecule has 120 valence electrons. The highest BCUT2D eigenvalue weighted by Crippen LogP contribution is 2.18. The van der Waals surface area contributed by atoms with Gasteiger partial charge in [0.2, 0.25) is 5.12 Å². The summed E-state index contributed by atoms with van der Waals surface area (Å²) in [7, 11) is 0. The van der Waals surface area contributed by atoms with Gasteiger partial charge >= 0.3 is 0 Å². The zero-order chi connectivity index (χ0) is 16.0. The summed E-state index contributed by atoms with van der Waals surface area (Å²) >= 11 is 1.44. The predicted molar refractivity (Wildman–Crippen MR) is 98.4 cm³/mol. The average Bonchev–Trinajstić information content (AvgIpc) is 2.54. The Morgan fingerprint density at radius 3 is 2.50 bits per heavy atom. The van der Waals surface area contributed by atoms with Gasteiger partial charge in [-0.1, -0.05) is 81.7 Å². The summed E-state index contributed by atoms with van der Waals surface area (Å²) in [5.74, 6) is 7.19. The van der Waals surface area contributed by atoms with Crippen molar-refractivity contribution < 1.29 is 4.79 Å². The Kier molecular flexibility index (Phi) is 10.6. The van der Waals surface area contributed by atoms with Crippen molar-refractivity contribution in [3.63, 3.8) is 0 Å². The fourth-order valence-electron chi connectivity index (χ4n) is 2.18. The molecule has 0 aliphatic heterocycles. The summed E-state index contributed by atoms with van der Waals surface area (Å²) in [6.45, 7) is 4.34. The third kappa shape index (κ3) is 7.71. The van der Waals surface area contributed by atoms with E-state index in [0.29, 0.717) is 0 Å². The first-order valence-corrected chi connectivity index (χ1v) is 9.53. The Morgan fingerprint density at radius 1 is 1.00 bits per heavy atom. The third-order valence-corrected chi connectivity index (χ3v) is 4.45. The highest BCUT2D eigenvalue weighted by molar-refractivity contribution is 8.14. The van der Waals surface area contributed by atoms with Crippen LogP contribution in [-0.2, 0) is 0 Å². The van der Waals surface area contributed by atoms with Crippen LogP contribution in [0.2, 0.25) is 0 Å². The lowest BCUT2D eigenvalue weighted by Crippen LogP contribution is -1.98. The maximum absolute atomic E-state index is 12.3. The molecule has 1 nitrogen and oxygen atoms in total. The normalized spacial score (nSPS) is 10.1. The van der Waals surface area contributed by atoms with Gasteiger partial charge in [0.25, 0.3) is 0 Å². The van der Waals surface area contributed by atoms with Crippen molar-refractivity contribution >= 4 is 16.9 Å². The van der Waals surface area contributed by atoms with Gasteiger partial charge in [0.15, 0.2) is 0 Å². The molecule has 0 aromatic heterocycles. The van der Waals surface area contributed by atoms with Crippen LogP contribution < -0.4 is 0 Å². The van der Waals surface area contributed by atoms with Gasteiger partial charge < -0.3 is 0 Å². The van der Waals surface area contributed by atoms with Crippen molar-refractivity contribution in [2.75, 3.05) is 5.75 Å². The van der Waals surface area contributed by atoms with Gasteiger partial charge in [-0.05, 0) is 25.0 Å². The zero-order valence-corrected chi connectivity index (χ0v) is 14.8. The molecule has 0 spiro atoms. The summed E-state index contributed by atoms with van der Waals surface area (Å²) in [6, 6.07) is 7.71. The van der Waals surface area contributed by atoms with Crippen LogP contribution in [0.4, 0.5) is 0 Å². The largest absolute Gasteiger partial charge is 0.282 e. The maximum Gasteiger partial charge on any atom is 0.220 e. The van der Waals surface area contributed by atoms with Gasteiger partial charge in [-0.15, -0.1) is 0 Å². The van der Waals surface area contributed by atoms with Crippen molar-refractivity contribution in [2.24, 2.45) is 0 Å². The van der Waals surface area contributed by atoms with Gasteiger partial charge in [-0.2, -0.15) is 0 Å². The number of rotatable bonds is 9. The second-order valence-electron chi connectivity index (χ2n) is 5.50. The summed E-state index contributed by atoms with van der Waals surface area (Å²) in [4.78, 5) is 12.3.